The van der Waals surface area contributed by atoms with Gasteiger partial charge in [-0.3, -0.25) is 0 Å². The topological polar surface area (TPSA) is 46.2 Å². The van der Waals surface area contributed by atoms with E-state index in [1.165, 1.54) is 11.3 Å². The summed E-state index contributed by atoms with van der Waals surface area (Å²) in [5.41, 5.74) is 0.956. The molecule has 0 saturated heterocycles. The van der Waals surface area contributed by atoms with Crippen LogP contribution in [0.2, 0.25) is 0 Å². The van der Waals surface area contributed by atoms with Crippen molar-refractivity contribution in [1.29, 1.82) is 0 Å². The zero-order valence-electron chi connectivity index (χ0n) is 10.3. The molecule has 0 aliphatic rings. The highest BCUT2D eigenvalue weighted by Gasteiger charge is 2.17. The van der Waals surface area contributed by atoms with Crippen LogP contribution < -0.4 is 4.72 Å². The molecule has 0 aliphatic heterocycles. The molecule has 0 spiro atoms. The van der Waals surface area contributed by atoms with E-state index in [1.807, 2.05) is 6.92 Å². The molecule has 6 heteroatoms. The summed E-state index contributed by atoms with van der Waals surface area (Å²) >= 11 is 4.59. The quantitative estimate of drug-likeness (QED) is 0.805. The van der Waals surface area contributed by atoms with Crippen molar-refractivity contribution < 1.29 is 8.42 Å². The SMILES string of the molecule is Cc1cc(S(=O)(=O)NCCCC(C)C)sc1Br. The molecular weight excluding hydrogens is 322 g/mol. The molecule has 1 heterocycles. The molecule has 0 amide bonds. The lowest BCUT2D eigenvalue weighted by molar-refractivity contribution is 0.540. The molecule has 0 atom stereocenters. The molecule has 0 fully saturated rings. The van der Waals surface area contributed by atoms with Crippen LogP contribution >= 0.6 is 27.3 Å². The molecule has 1 N–H and O–H groups in total. The lowest BCUT2D eigenvalue weighted by Crippen LogP contribution is -2.24. The smallest absolute Gasteiger partial charge is 0.210 e. The summed E-state index contributed by atoms with van der Waals surface area (Å²) in [6.45, 7) is 6.66. The summed E-state index contributed by atoms with van der Waals surface area (Å²) in [6.07, 6.45) is 1.91. The molecule has 98 valence electrons. The van der Waals surface area contributed by atoms with Crippen molar-refractivity contribution in [2.45, 2.75) is 37.8 Å². The predicted molar refractivity (Wildman–Crippen MR) is 76.0 cm³/mol. The van der Waals surface area contributed by atoms with Crippen LogP contribution in [-0.4, -0.2) is 15.0 Å². The minimum absolute atomic E-state index is 0.381. The van der Waals surface area contributed by atoms with Crippen molar-refractivity contribution in [3.63, 3.8) is 0 Å². The zero-order chi connectivity index (χ0) is 13.1. The van der Waals surface area contributed by atoms with Crippen molar-refractivity contribution in [3.05, 3.63) is 15.4 Å². The van der Waals surface area contributed by atoms with Crippen LogP contribution in [0.1, 0.15) is 32.3 Å². The Morgan fingerprint density at radius 2 is 2.12 bits per heavy atom. The molecule has 1 aromatic heterocycles. The van der Waals surface area contributed by atoms with Gasteiger partial charge >= 0.3 is 0 Å². The Bertz CT molecular complexity index is 446. The highest BCUT2D eigenvalue weighted by molar-refractivity contribution is 9.11. The van der Waals surface area contributed by atoms with Gasteiger partial charge in [0.2, 0.25) is 10.0 Å². The number of halogens is 1. The summed E-state index contributed by atoms with van der Waals surface area (Å²) in [5, 5.41) is 0. The molecule has 0 saturated carbocycles. The van der Waals surface area contributed by atoms with Gasteiger partial charge in [0.25, 0.3) is 0 Å². The normalized spacial score (nSPS) is 12.3. The number of nitrogens with one attached hydrogen (secondary N) is 1. The average Bonchev–Trinajstić information content (AvgIpc) is 2.55. The van der Waals surface area contributed by atoms with E-state index in [2.05, 4.69) is 34.5 Å². The van der Waals surface area contributed by atoms with Crippen LogP contribution in [0.15, 0.2) is 14.1 Å². The molecule has 1 aromatic rings. The number of rotatable bonds is 6. The monoisotopic (exact) mass is 339 g/mol. The van der Waals surface area contributed by atoms with Crippen LogP contribution in [0.3, 0.4) is 0 Å². The molecule has 0 aromatic carbocycles. The molecule has 0 radical (unpaired) electrons. The van der Waals surface area contributed by atoms with E-state index in [0.29, 0.717) is 16.7 Å². The molecular formula is C11H18BrNO2S2. The van der Waals surface area contributed by atoms with E-state index in [4.69, 9.17) is 0 Å². The second kappa shape index (κ2) is 6.31. The van der Waals surface area contributed by atoms with E-state index < -0.39 is 10.0 Å². The van der Waals surface area contributed by atoms with Gasteiger partial charge in [0.05, 0.1) is 3.79 Å². The lowest BCUT2D eigenvalue weighted by Gasteiger charge is -2.06. The van der Waals surface area contributed by atoms with Crippen molar-refractivity contribution in [1.82, 2.24) is 4.72 Å². The fraction of sp³-hybridized carbons (Fsp3) is 0.636. The Morgan fingerprint density at radius 3 is 2.59 bits per heavy atom. The van der Waals surface area contributed by atoms with E-state index in [1.54, 1.807) is 6.07 Å². The van der Waals surface area contributed by atoms with E-state index in [0.717, 1.165) is 22.2 Å². The van der Waals surface area contributed by atoms with Gasteiger partial charge in [0.15, 0.2) is 0 Å². The van der Waals surface area contributed by atoms with Gasteiger partial charge in [-0.2, -0.15) is 0 Å². The van der Waals surface area contributed by atoms with Gasteiger partial charge in [-0.1, -0.05) is 13.8 Å². The highest BCUT2D eigenvalue weighted by atomic mass is 79.9. The number of hydrogen-bond acceptors (Lipinski definition) is 3. The molecule has 1 rings (SSSR count). The third-order valence-corrected chi connectivity index (χ3v) is 6.42. The second-order valence-corrected chi connectivity index (χ2v) is 8.82. The first-order chi connectivity index (χ1) is 7.83. The van der Waals surface area contributed by atoms with Gasteiger partial charge in [0, 0.05) is 6.54 Å². The van der Waals surface area contributed by atoms with Crippen molar-refractivity contribution in [3.8, 4) is 0 Å². The van der Waals surface area contributed by atoms with Crippen molar-refractivity contribution >= 4 is 37.3 Å². The number of hydrogen-bond donors (Lipinski definition) is 1. The largest absolute Gasteiger partial charge is 0.250 e. The third-order valence-electron chi connectivity index (χ3n) is 2.35. The van der Waals surface area contributed by atoms with Gasteiger partial charge in [-0.15, -0.1) is 11.3 Å². The fourth-order valence-electron chi connectivity index (χ4n) is 1.35. The summed E-state index contributed by atoms with van der Waals surface area (Å²) in [5.74, 6) is 0.609. The Hall–Kier alpha value is 0.0900. The first-order valence-electron chi connectivity index (χ1n) is 5.58. The Morgan fingerprint density at radius 1 is 1.47 bits per heavy atom. The van der Waals surface area contributed by atoms with Crippen LogP contribution in [0.25, 0.3) is 0 Å². The molecule has 17 heavy (non-hydrogen) atoms. The van der Waals surface area contributed by atoms with Crippen molar-refractivity contribution in [2.75, 3.05) is 6.54 Å². The first kappa shape index (κ1) is 15.1. The standard InChI is InChI=1S/C11H18BrNO2S2/c1-8(2)5-4-6-13-17(14,15)10-7-9(3)11(12)16-10/h7-8,13H,4-6H2,1-3H3. The van der Waals surface area contributed by atoms with Gasteiger partial charge in [-0.05, 0) is 53.2 Å². The average molecular weight is 340 g/mol. The summed E-state index contributed by atoms with van der Waals surface area (Å²) in [7, 11) is -3.32. The second-order valence-electron chi connectivity index (χ2n) is 4.46. The zero-order valence-corrected chi connectivity index (χ0v) is 13.5. The Kier molecular flexibility index (Phi) is 5.63. The van der Waals surface area contributed by atoms with Gasteiger partial charge in [0.1, 0.15) is 4.21 Å². The third kappa shape index (κ3) is 4.69. The van der Waals surface area contributed by atoms with Gasteiger partial charge < -0.3 is 0 Å². The summed E-state index contributed by atoms with van der Waals surface area (Å²) in [6, 6.07) is 1.69. The number of aryl methyl sites for hydroxylation is 1. The maximum Gasteiger partial charge on any atom is 0.250 e. The van der Waals surface area contributed by atoms with Crippen LogP contribution in [0, 0.1) is 12.8 Å². The number of thiophene rings is 1. The van der Waals surface area contributed by atoms with E-state index >= 15 is 0 Å². The number of sulfonamides is 1. The molecule has 0 unspecified atom stereocenters. The summed E-state index contributed by atoms with van der Waals surface area (Å²) < 4.78 is 27.7. The van der Waals surface area contributed by atoms with Crippen LogP contribution in [0.4, 0.5) is 0 Å². The molecule has 0 aliphatic carbocycles. The Labute approximate surface area is 116 Å². The summed E-state index contributed by atoms with van der Waals surface area (Å²) in [4.78, 5) is 0. The fourth-order valence-corrected chi connectivity index (χ4v) is 4.70. The minimum Gasteiger partial charge on any atom is -0.210 e. The van der Waals surface area contributed by atoms with Crippen LogP contribution in [0.5, 0.6) is 0 Å². The molecule has 0 bridgehead atoms. The maximum absolute atomic E-state index is 11.9. The minimum atomic E-state index is -3.32. The van der Waals surface area contributed by atoms with E-state index in [-0.39, 0.29) is 0 Å². The lowest BCUT2D eigenvalue weighted by atomic mass is 10.1. The van der Waals surface area contributed by atoms with Crippen LogP contribution in [-0.2, 0) is 10.0 Å². The predicted octanol–water partition coefficient (Wildman–Crippen LogP) is 3.53. The van der Waals surface area contributed by atoms with Crippen molar-refractivity contribution in [2.24, 2.45) is 5.92 Å². The highest BCUT2D eigenvalue weighted by Crippen LogP contribution is 2.30. The molecule has 3 nitrogen and oxygen atoms in total. The first-order valence-corrected chi connectivity index (χ1v) is 8.68. The maximum atomic E-state index is 11.9. The van der Waals surface area contributed by atoms with Gasteiger partial charge in [-0.25, -0.2) is 13.1 Å². The Balaban J connectivity index is 2.57. The van der Waals surface area contributed by atoms with E-state index in [9.17, 15) is 8.42 Å².